The number of amides is 2. The predicted molar refractivity (Wildman–Crippen MR) is 216 cm³/mol. The molecular formula is C40H44ClN9O7S. The summed E-state index contributed by atoms with van der Waals surface area (Å²) in [6, 6.07) is 14.9. The molecule has 0 saturated carbocycles. The van der Waals surface area contributed by atoms with Crippen LogP contribution in [-0.2, 0) is 40.8 Å². The summed E-state index contributed by atoms with van der Waals surface area (Å²) in [6.45, 7) is 5.52. The first-order chi connectivity index (χ1) is 27.6. The van der Waals surface area contributed by atoms with Crippen molar-refractivity contribution in [2.24, 2.45) is 11.5 Å². The summed E-state index contributed by atoms with van der Waals surface area (Å²) in [7, 11) is 0. The molecule has 0 spiro atoms. The van der Waals surface area contributed by atoms with Crippen LogP contribution >= 0.6 is 23.4 Å². The molecule has 58 heavy (non-hydrogen) atoms. The van der Waals surface area contributed by atoms with Crippen LogP contribution in [-0.4, -0.2) is 70.6 Å². The van der Waals surface area contributed by atoms with E-state index in [4.69, 9.17) is 42.7 Å². The van der Waals surface area contributed by atoms with Crippen molar-refractivity contribution in [3.63, 3.8) is 0 Å². The van der Waals surface area contributed by atoms with Gasteiger partial charge in [0, 0.05) is 21.9 Å². The van der Waals surface area contributed by atoms with E-state index in [-0.39, 0.29) is 30.0 Å². The molecule has 8 N–H and O–H groups in total. The second-order valence-electron chi connectivity index (χ2n) is 13.4. The fraction of sp³-hybridized carbons (Fsp3) is 0.350. The lowest BCUT2D eigenvalue weighted by atomic mass is 9.95. The topological polar surface area (TPSA) is 275 Å². The third kappa shape index (κ3) is 12.3. The molecule has 4 rings (SSSR count). The Balaban J connectivity index is 1.46. The number of aryl methyl sites for hydroxylation is 1. The van der Waals surface area contributed by atoms with Crippen molar-refractivity contribution < 1.29 is 33.1 Å². The van der Waals surface area contributed by atoms with E-state index in [0.29, 0.717) is 51.4 Å². The number of pyridine rings is 1. The van der Waals surface area contributed by atoms with Crippen molar-refractivity contribution in [1.82, 2.24) is 20.6 Å². The van der Waals surface area contributed by atoms with E-state index >= 15 is 0 Å². The molecule has 0 aliphatic heterocycles. The highest BCUT2D eigenvalue weighted by atomic mass is 35.5. The Labute approximate surface area is 344 Å². The zero-order valence-corrected chi connectivity index (χ0v) is 33.9. The molecule has 2 aromatic carbocycles. The zero-order valence-electron chi connectivity index (χ0n) is 32.3. The lowest BCUT2D eigenvalue weighted by Gasteiger charge is -2.22. The molecule has 304 valence electrons. The summed E-state index contributed by atoms with van der Waals surface area (Å²) in [5.41, 5.74) is 20.8. The van der Waals surface area contributed by atoms with Gasteiger partial charge in [0.1, 0.15) is 59.6 Å². The lowest BCUT2D eigenvalue weighted by Crippen LogP contribution is -2.48. The number of benzene rings is 2. The second-order valence-corrected chi connectivity index (χ2v) is 14.8. The Morgan fingerprint density at radius 1 is 0.862 bits per heavy atom. The molecule has 0 aliphatic carbocycles. The summed E-state index contributed by atoms with van der Waals surface area (Å²) >= 11 is 7.22. The molecule has 2 heterocycles. The van der Waals surface area contributed by atoms with Crippen LogP contribution in [0.5, 0.6) is 0 Å². The molecule has 16 nitrogen and oxygen atoms in total. The maximum atomic E-state index is 12.9. The Morgan fingerprint density at radius 2 is 1.45 bits per heavy atom. The molecule has 18 heteroatoms. The Kier molecular flexibility index (Phi) is 16.2. The normalized spacial score (nSPS) is 13.5. The van der Waals surface area contributed by atoms with Crippen LogP contribution < -0.4 is 27.8 Å². The van der Waals surface area contributed by atoms with Crippen molar-refractivity contribution in [2.45, 2.75) is 88.0 Å². The number of nitriles is 2. The molecule has 4 aromatic rings. The number of nitrogens with one attached hydrogen (secondary N) is 2. The minimum Gasteiger partial charge on any atom is -0.460 e. The highest BCUT2D eigenvalue weighted by Gasteiger charge is 2.26. The number of nitrogen functional groups attached to an aromatic ring is 1. The SMILES string of the molecule is C[C@@H](N)C(=O)N[C@H](C)C(=O)OC[C@H](CCCc1ccc(-c2c(C#N)c(N)nc(SCc3coc(-c4ccc(Cl)cc4)n3)c2C#N)cc1)OC(=O)[C@@H](C)NC(=O)[C@@H](C)N. The number of esters is 2. The largest absolute Gasteiger partial charge is 0.460 e. The number of rotatable bonds is 18. The van der Waals surface area contributed by atoms with Crippen molar-refractivity contribution in [2.75, 3.05) is 12.3 Å². The van der Waals surface area contributed by atoms with Gasteiger partial charge in [-0.05, 0) is 82.3 Å². The minimum atomic E-state index is -1.03. The second kappa shape index (κ2) is 21.0. The van der Waals surface area contributed by atoms with Gasteiger partial charge in [0.2, 0.25) is 17.7 Å². The first-order valence-electron chi connectivity index (χ1n) is 18.2. The van der Waals surface area contributed by atoms with Gasteiger partial charge >= 0.3 is 11.9 Å². The van der Waals surface area contributed by atoms with E-state index in [1.165, 1.54) is 45.7 Å². The molecule has 2 amide bonds. The highest BCUT2D eigenvalue weighted by Crippen LogP contribution is 2.37. The number of hydrogen-bond acceptors (Lipinski definition) is 15. The van der Waals surface area contributed by atoms with Crippen LogP contribution in [0.3, 0.4) is 0 Å². The number of carbonyl (C=O) groups is 4. The summed E-state index contributed by atoms with van der Waals surface area (Å²) < 4.78 is 16.7. The maximum absolute atomic E-state index is 12.9. The number of halogens is 1. The first-order valence-corrected chi connectivity index (χ1v) is 19.5. The molecule has 0 bridgehead atoms. The number of nitrogens with two attached hydrogens (primary N) is 3. The van der Waals surface area contributed by atoms with Crippen LogP contribution in [0.4, 0.5) is 5.82 Å². The van der Waals surface area contributed by atoms with Crippen LogP contribution in [0.15, 0.2) is 64.2 Å². The third-order valence-corrected chi connectivity index (χ3v) is 9.86. The van der Waals surface area contributed by atoms with Gasteiger partial charge in [-0.15, -0.1) is 0 Å². The van der Waals surface area contributed by atoms with E-state index in [0.717, 1.165) is 11.1 Å². The number of oxazole rings is 1. The standard InChI is InChI=1S/C40H44ClN9O7S/c1-21(44)35(51)47-23(3)39(53)56-19-30(57-40(54)24(4)48-36(52)22(2)45)7-5-6-25-8-10-26(11-9-25)33-31(16-42)34(46)50-38(32(33)17-43)58-20-29-18-55-37(49-29)27-12-14-28(41)15-13-27/h8-15,18,21-24,30H,5-7,19-20,44-45H2,1-4H3,(H2,46,50)(H,47,51)(H,48,52)/t21-,22-,23-,24-,30+/m1/s1. The lowest BCUT2D eigenvalue weighted by molar-refractivity contribution is -0.162. The number of thioether (sulfide) groups is 1. The molecule has 0 radical (unpaired) electrons. The van der Waals surface area contributed by atoms with Gasteiger partial charge < -0.3 is 41.7 Å². The monoisotopic (exact) mass is 829 g/mol. The van der Waals surface area contributed by atoms with E-state index in [1.54, 1.807) is 36.4 Å². The van der Waals surface area contributed by atoms with Crippen LogP contribution in [0.1, 0.15) is 62.9 Å². The summed E-state index contributed by atoms with van der Waals surface area (Å²) in [4.78, 5) is 58.4. The van der Waals surface area contributed by atoms with E-state index in [2.05, 4.69) is 32.7 Å². The number of carbonyl (C=O) groups excluding carboxylic acids is 4. The Morgan fingerprint density at radius 3 is 2.03 bits per heavy atom. The molecule has 2 aromatic heterocycles. The third-order valence-electron chi connectivity index (χ3n) is 8.60. The number of aromatic nitrogens is 2. The molecule has 0 unspecified atom stereocenters. The summed E-state index contributed by atoms with van der Waals surface area (Å²) in [6.07, 6.45) is 1.87. The smallest absolute Gasteiger partial charge is 0.328 e. The fourth-order valence-electron chi connectivity index (χ4n) is 5.35. The quantitative estimate of drug-likeness (QED) is 0.0696. The number of ether oxygens (including phenoxy) is 2. The Hall–Kier alpha value is -5.98. The van der Waals surface area contributed by atoms with Crippen LogP contribution in [0, 0.1) is 22.7 Å². The summed E-state index contributed by atoms with van der Waals surface area (Å²) in [5.74, 6) is -1.89. The molecule has 5 atom stereocenters. The zero-order chi connectivity index (χ0) is 42.5. The fourth-order valence-corrected chi connectivity index (χ4v) is 6.35. The average molecular weight is 830 g/mol. The van der Waals surface area contributed by atoms with Crippen LogP contribution in [0.25, 0.3) is 22.6 Å². The van der Waals surface area contributed by atoms with Crippen LogP contribution in [0.2, 0.25) is 5.02 Å². The molecule has 0 fully saturated rings. The van der Waals surface area contributed by atoms with Gasteiger partial charge in [-0.25, -0.2) is 19.6 Å². The number of nitrogens with zero attached hydrogens (tertiary/aromatic N) is 4. The molecular weight excluding hydrogens is 786 g/mol. The van der Waals surface area contributed by atoms with Crippen molar-refractivity contribution in [3.05, 3.63) is 82.2 Å². The first kappa shape index (κ1) is 44.7. The van der Waals surface area contributed by atoms with Crippen molar-refractivity contribution >= 4 is 52.9 Å². The van der Waals surface area contributed by atoms with Crippen molar-refractivity contribution in [3.8, 4) is 34.7 Å². The number of hydrogen-bond donors (Lipinski definition) is 5. The van der Waals surface area contributed by atoms with Gasteiger partial charge in [-0.3, -0.25) is 9.59 Å². The van der Waals surface area contributed by atoms with Gasteiger partial charge in [0.15, 0.2) is 0 Å². The molecule has 0 aliphatic rings. The van der Waals surface area contributed by atoms with E-state index in [1.807, 2.05) is 12.1 Å². The van der Waals surface area contributed by atoms with Crippen molar-refractivity contribution in [1.29, 1.82) is 10.5 Å². The van der Waals surface area contributed by atoms with E-state index < -0.39 is 54.0 Å². The van der Waals surface area contributed by atoms with Gasteiger partial charge in [0.25, 0.3) is 0 Å². The average Bonchev–Trinajstić information content (AvgIpc) is 3.68. The van der Waals surface area contributed by atoms with Gasteiger partial charge in [-0.2, -0.15) is 10.5 Å². The highest BCUT2D eigenvalue weighted by molar-refractivity contribution is 7.98. The molecule has 0 saturated heterocycles. The number of anilines is 1. The van der Waals surface area contributed by atoms with Gasteiger partial charge in [0.05, 0.1) is 23.3 Å². The van der Waals surface area contributed by atoms with Gasteiger partial charge in [-0.1, -0.05) is 47.6 Å². The Bertz CT molecular complexity index is 2180. The minimum absolute atomic E-state index is 0.0245. The predicted octanol–water partition coefficient (Wildman–Crippen LogP) is 4.16. The van der Waals surface area contributed by atoms with E-state index in [9.17, 15) is 29.7 Å². The maximum Gasteiger partial charge on any atom is 0.328 e. The summed E-state index contributed by atoms with van der Waals surface area (Å²) in [5, 5.41) is 26.2.